The van der Waals surface area contributed by atoms with E-state index in [2.05, 4.69) is 29.6 Å². The maximum atomic E-state index is 12.5. The zero-order valence-corrected chi connectivity index (χ0v) is 21.5. The van der Waals surface area contributed by atoms with Crippen molar-refractivity contribution in [3.05, 3.63) is 144 Å². The molecule has 186 valence electrons. The summed E-state index contributed by atoms with van der Waals surface area (Å²) in [6.07, 6.45) is 0. The summed E-state index contributed by atoms with van der Waals surface area (Å²) in [5.74, 6) is -0.222. The van der Waals surface area contributed by atoms with Crippen LogP contribution >= 0.6 is 0 Å². The molecule has 5 aromatic rings. The minimum atomic E-state index is -0.222. The minimum Gasteiger partial charge on any atom is -0.398 e. The Labute approximate surface area is 224 Å². The van der Waals surface area contributed by atoms with E-state index in [9.17, 15) is 4.79 Å². The highest BCUT2D eigenvalue weighted by Crippen LogP contribution is 2.26. The van der Waals surface area contributed by atoms with Crippen LogP contribution in [0.1, 0.15) is 27.0 Å². The highest BCUT2D eigenvalue weighted by Gasteiger charge is 2.10. The lowest BCUT2D eigenvalue weighted by Crippen LogP contribution is -2.13. The Morgan fingerprint density at radius 2 is 1.24 bits per heavy atom. The van der Waals surface area contributed by atoms with Crippen LogP contribution in [0.25, 0.3) is 22.3 Å². The van der Waals surface area contributed by atoms with Crippen LogP contribution in [0.3, 0.4) is 0 Å². The molecule has 0 aliphatic carbocycles. The topological polar surface area (TPSA) is 78.9 Å². The Morgan fingerprint density at radius 1 is 0.658 bits per heavy atom. The maximum absolute atomic E-state index is 12.5. The largest absolute Gasteiger partial charge is 0.398 e. The van der Waals surface area contributed by atoms with Crippen molar-refractivity contribution in [1.82, 2.24) is 0 Å². The van der Waals surface area contributed by atoms with Gasteiger partial charge in [-0.05, 0) is 77.6 Å². The fourth-order valence-corrected chi connectivity index (χ4v) is 3.94. The van der Waals surface area contributed by atoms with Gasteiger partial charge in [0.1, 0.15) is 0 Å². The van der Waals surface area contributed by atoms with Crippen LogP contribution in [0.15, 0.2) is 121 Å². The molecule has 5 aromatic carbocycles. The van der Waals surface area contributed by atoms with E-state index < -0.39 is 0 Å². The Balaban J connectivity index is 0.000000204. The Kier molecular flexibility index (Phi) is 8.33. The smallest absolute Gasteiger partial charge is 0.255 e. The van der Waals surface area contributed by atoms with E-state index in [0.717, 1.165) is 33.6 Å². The van der Waals surface area contributed by atoms with Gasteiger partial charge in [0, 0.05) is 16.9 Å². The molecule has 0 saturated carbocycles. The van der Waals surface area contributed by atoms with Crippen molar-refractivity contribution in [1.29, 1.82) is 5.26 Å². The summed E-state index contributed by atoms with van der Waals surface area (Å²) in [4.78, 5) is 12.5. The van der Waals surface area contributed by atoms with Gasteiger partial charge in [-0.25, -0.2) is 0 Å². The summed E-state index contributed by atoms with van der Waals surface area (Å²) < 4.78 is 0. The second-order valence-electron chi connectivity index (χ2n) is 8.98. The Bertz CT molecular complexity index is 1590. The molecular weight excluding hydrogens is 466 g/mol. The Hall–Kier alpha value is -5.14. The lowest BCUT2D eigenvalue weighted by molar-refractivity contribution is 0.102. The number of aryl methyl sites for hydroxylation is 2. The Morgan fingerprint density at radius 3 is 1.82 bits per heavy atom. The van der Waals surface area contributed by atoms with Gasteiger partial charge in [-0.1, -0.05) is 91.0 Å². The summed E-state index contributed by atoms with van der Waals surface area (Å²) >= 11 is 0. The zero-order valence-electron chi connectivity index (χ0n) is 21.5. The molecule has 38 heavy (non-hydrogen) atoms. The average Bonchev–Trinajstić information content (AvgIpc) is 2.97. The lowest BCUT2D eigenvalue weighted by Gasteiger charge is -2.11. The predicted molar refractivity (Wildman–Crippen MR) is 157 cm³/mol. The number of rotatable bonds is 4. The lowest BCUT2D eigenvalue weighted by atomic mass is 10.0. The van der Waals surface area contributed by atoms with Gasteiger partial charge >= 0.3 is 0 Å². The number of nitrogens with two attached hydrogens (primary N) is 1. The number of nitrogens with zero attached hydrogens (tertiary/aromatic N) is 1. The molecule has 0 bridgehead atoms. The van der Waals surface area contributed by atoms with Gasteiger partial charge in [-0.15, -0.1) is 0 Å². The first kappa shape index (κ1) is 25.9. The van der Waals surface area contributed by atoms with Crippen LogP contribution in [0.4, 0.5) is 11.4 Å². The van der Waals surface area contributed by atoms with E-state index in [4.69, 9.17) is 11.0 Å². The van der Waals surface area contributed by atoms with Crippen LogP contribution in [-0.4, -0.2) is 5.91 Å². The van der Waals surface area contributed by atoms with Crippen LogP contribution in [0, 0.1) is 25.2 Å². The number of benzene rings is 5. The van der Waals surface area contributed by atoms with Gasteiger partial charge in [0.15, 0.2) is 0 Å². The molecule has 0 aliphatic heterocycles. The number of nitrogens with one attached hydrogen (secondary N) is 1. The second kappa shape index (κ2) is 12.2. The average molecular weight is 496 g/mol. The first-order chi connectivity index (χ1) is 18.4. The predicted octanol–water partition coefficient (Wildman–Crippen LogP) is 8.03. The number of nitrogen functional groups attached to an aromatic ring is 1. The highest BCUT2D eigenvalue weighted by atomic mass is 16.1. The summed E-state index contributed by atoms with van der Waals surface area (Å²) in [6.45, 7) is 3.97. The van der Waals surface area contributed by atoms with Crippen molar-refractivity contribution in [3.8, 4) is 28.3 Å². The summed E-state index contributed by atoms with van der Waals surface area (Å²) in [5.41, 5.74) is 15.1. The fraction of sp³-hybridized carbons (Fsp3) is 0.0588. The van der Waals surface area contributed by atoms with Gasteiger partial charge < -0.3 is 11.1 Å². The van der Waals surface area contributed by atoms with Crippen molar-refractivity contribution in [3.63, 3.8) is 0 Å². The molecule has 0 atom stereocenters. The van der Waals surface area contributed by atoms with Crippen molar-refractivity contribution < 1.29 is 4.79 Å². The zero-order chi connectivity index (χ0) is 26.9. The van der Waals surface area contributed by atoms with Gasteiger partial charge in [-0.2, -0.15) is 5.26 Å². The second-order valence-corrected chi connectivity index (χ2v) is 8.98. The maximum Gasteiger partial charge on any atom is 0.255 e. The summed E-state index contributed by atoms with van der Waals surface area (Å²) in [7, 11) is 0. The van der Waals surface area contributed by atoms with E-state index in [-0.39, 0.29) is 5.91 Å². The third-order valence-electron chi connectivity index (χ3n) is 6.23. The number of nitriles is 1. The molecule has 0 fully saturated rings. The van der Waals surface area contributed by atoms with Crippen LogP contribution in [0.2, 0.25) is 0 Å². The summed E-state index contributed by atoms with van der Waals surface area (Å²) in [5, 5.41) is 11.9. The number of amides is 1. The first-order valence-electron chi connectivity index (χ1n) is 12.3. The van der Waals surface area contributed by atoms with E-state index in [1.165, 1.54) is 11.1 Å². The van der Waals surface area contributed by atoms with E-state index >= 15 is 0 Å². The van der Waals surface area contributed by atoms with E-state index in [1.807, 2.05) is 92.7 Å². The van der Waals surface area contributed by atoms with Gasteiger partial charge in [0.05, 0.1) is 11.6 Å². The molecular formula is C34H29N3O. The van der Waals surface area contributed by atoms with Crippen molar-refractivity contribution >= 4 is 17.3 Å². The first-order valence-corrected chi connectivity index (χ1v) is 12.3. The van der Waals surface area contributed by atoms with E-state index in [0.29, 0.717) is 11.1 Å². The third kappa shape index (κ3) is 6.54. The van der Waals surface area contributed by atoms with Crippen molar-refractivity contribution in [2.24, 2.45) is 0 Å². The molecule has 5 rings (SSSR count). The molecule has 0 radical (unpaired) electrons. The highest BCUT2D eigenvalue weighted by molar-refractivity contribution is 6.05. The molecule has 3 N–H and O–H groups in total. The third-order valence-corrected chi connectivity index (χ3v) is 6.23. The number of carbonyl (C=O) groups excluding carboxylic acids is 1. The number of carbonyl (C=O) groups is 1. The van der Waals surface area contributed by atoms with Gasteiger partial charge in [0.25, 0.3) is 5.91 Å². The molecule has 0 aromatic heterocycles. The molecule has 1 amide bonds. The van der Waals surface area contributed by atoms with Crippen LogP contribution < -0.4 is 11.1 Å². The van der Waals surface area contributed by atoms with Gasteiger partial charge in [-0.3, -0.25) is 4.79 Å². The molecule has 0 spiro atoms. The SMILES string of the molecule is Cc1ccc(-c2ccccc2)cc1N.Cc1ccc(-c2ccccc2)cc1NC(=O)c1cccc(C#N)c1. The minimum absolute atomic E-state index is 0.222. The number of hydrogen-bond donors (Lipinski definition) is 2. The molecule has 0 heterocycles. The standard InChI is InChI=1S/C21H16N2O.C13H13N/c1-15-10-11-18(17-7-3-2-4-8-17)13-20(15)23-21(24)19-9-5-6-16(12-19)14-22;1-10-7-8-12(9-13(10)14)11-5-3-2-4-6-11/h2-13H,1H3,(H,23,24);2-9H,14H2,1H3. The van der Waals surface area contributed by atoms with Crippen LogP contribution in [0.5, 0.6) is 0 Å². The number of hydrogen-bond acceptors (Lipinski definition) is 3. The molecule has 4 heteroatoms. The van der Waals surface area contributed by atoms with E-state index in [1.54, 1.807) is 24.3 Å². The van der Waals surface area contributed by atoms with Crippen molar-refractivity contribution in [2.75, 3.05) is 11.1 Å². The fourth-order valence-electron chi connectivity index (χ4n) is 3.94. The number of anilines is 2. The molecule has 0 saturated heterocycles. The summed E-state index contributed by atoms with van der Waals surface area (Å²) in [6, 6.07) is 41.2. The quantitative estimate of drug-likeness (QED) is 0.248. The molecule has 4 nitrogen and oxygen atoms in total. The molecule has 0 unspecified atom stereocenters. The van der Waals surface area contributed by atoms with Crippen LogP contribution in [-0.2, 0) is 0 Å². The van der Waals surface area contributed by atoms with Crippen molar-refractivity contribution in [2.45, 2.75) is 13.8 Å². The monoisotopic (exact) mass is 495 g/mol. The normalized spacial score (nSPS) is 10.0. The molecule has 0 aliphatic rings. The van der Waals surface area contributed by atoms with Gasteiger partial charge in [0.2, 0.25) is 0 Å².